The fourth-order valence-corrected chi connectivity index (χ4v) is 4.21. The van der Waals surface area contributed by atoms with E-state index in [9.17, 15) is 18.0 Å². The number of nitrogens with two attached hydrogens (primary N) is 1. The van der Waals surface area contributed by atoms with E-state index in [2.05, 4.69) is 0 Å². The molecule has 0 spiro atoms. The van der Waals surface area contributed by atoms with Crippen LogP contribution in [0.15, 0.2) is 29.2 Å². The molecule has 0 bridgehead atoms. The average molecular weight is 397 g/mol. The minimum absolute atomic E-state index is 0.0456. The van der Waals surface area contributed by atoms with Gasteiger partial charge in [-0.05, 0) is 49.3 Å². The van der Waals surface area contributed by atoms with E-state index in [4.69, 9.17) is 10.3 Å². The zero-order chi connectivity index (χ0) is 20.2. The van der Waals surface area contributed by atoms with Crippen molar-refractivity contribution < 1.29 is 22.6 Å². The van der Waals surface area contributed by atoms with Gasteiger partial charge in [0.05, 0.1) is 4.90 Å². The summed E-state index contributed by atoms with van der Waals surface area (Å²) in [6, 6.07) is 5.99. The van der Waals surface area contributed by atoms with Crippen molar-refractivity contribution in [3.8, 4) is 0 Å². The largest absolute Gasteiger partial charge is 0.369 e. The first-order chi connectivity index (χ1) is 12.6. The van der Waals surface area contributed by atoms with Crippen molar-refractivity contribution in [2.75, 3.05) is 6.54 Å². The third-order valence-electron chi connectivity index (χ3n) is 5.38. The van der Waals surface area contributed by atoms with E-state index < -0.39 is 10.1 Å². The van der Waals surface area contributed by atoms with Gasteiger partial charge in [-0.15, -0.1) is 0 Å². The van der Waals surface area contributed by atoms with Gasteiger partial charge in [0.15, 0.2) is 0 Å². The van der Waals surface area contributed by atoms with Crippen LogP contribution >= 0.6 is 0 Å². The van der Waals surface area contributed by atoms with Crippen LogP contribution in [-0.2, 0) is 19.7 Å². The molecule has 0 saturated carbocycles. The SMILES string of the molecule is CCC(CC(CC(C)c1ccc(S(=O)(=O)O)cc1)N1CCCC1=O)C(N)=O. The number of benzene rings is 1. The van der Waals surface area contributed by atoms with Crippen molar-refractivity contribution in [1.82, 2.24) is 4.90 Å². The van der Waals surface area contributed by atoms with E-state index >= 15 is 0 Å². The van der Waals surface area contributed by atoms with Crippen LogP contribution in [0.1, 0.15) is 57.4 Å². The molecule has 7 nitrogen and oxygen atoms in total. The molecule has 1 aromatic carbocycles. The maximum Gasteiger partial charge on any atom is 0.294 e. The van der Waals surface area contributed by atoms with Crippen molar-refractivity contribution in [2.24, 2.45) is 11.7 Å². The minimum atomic E-state index is -4.22. The Morgan fingerprint density at radius 1 is 1.26 bits per heavy atom. The van der Waals surface area contributed by atoms with Gasteiger partial charge in [-0.3, -0.25) is 14.1 Å². The first-order valence-corrected chi connectivity index (χ1v) is 10.7. The number of nitrogens with zero attached hydrogens (tertiary/aromatic N) is 1. The molecule has 1 aliphatic heterocycles. The maximum absolute atomic E-state index is 12.2. The maximum atomic E-state index is 12.2. The highest BCUT2D eigenvalue weighted by Crippen LogP contribution is 2.30. The lowest BCUT2D eigenvalue weighted by atomic mass is 9.87. The molecule has 0 radical (unpaired) electrons. The molecule has 1 heterocycles. The van der Waals surface area contributed by atoms with Crippen molar-refractivity contribution in [3.63, 3.8) is 0 Å². The van der Waals surface area contributed by atoms with Gasteiger partial charge >= 0.3 is 0 Å². The Labute approximate surface area is 160 Å². The van der Waals surface area contributed by atoms with E-state index in [0.717, 1.165) is 12.0 Å². The van der Waals surface area contributed by atoms with Crippen molar-refractivity contribution in [3.05, 3.63) is 29.8 Å². The topological polar surface area (TPSA) is 118 Å². The summed E-state index contributed by atoms with van der Waals surface area (Å²) in [6.07, 6.45) is 3.17. The second-order valence-electron chi connectivity index (χ2n) is 7.27. The second kappa shape index (κ2) is 8.84. The smallest absolute Gasteiger partial charge is 0.294 e. The fraction of sp³-hybridized carbons (Fsp3) is 0.579. The number of amides is 2. The van der Waals surface area contributed by atoms with Gasteiger partial charge < -0.3 is 10.6 Å². The van der Waals surface area contributed by atoms with Crippen LogP contribution in [-0.4, -0.2) is 42.3 Å². The summed E-state index contributed by atoms with van der Waals surface area (Å²) in [5.74, 6) is -0.478. The zero-order valence-corrected chi connectivity index (χ0v) is 16.6. The number of hydrogen-bond donors (Lipinski definition) is 2. The molecule has 3 atom stereocenters. The number of primary amides is 1. The molecule has 0 aromatic heterocycles. The first kappa shape index (κ1) is 21.4. The molecule has 1 saturated heterocycles. The summed E-state index contributed by atoms with van der Waals surface area (Å²) in [7, 11) is -4.22. The third kappa shape index (κ3) is 5.52. The molecule has 2 amide bonds. The van der Waals surface area contributed by atoms with Crippen LogP contribution in [0.5, 0.6) is 0 Å². The summed E-state index contributed by atoms with van der Waals surface area (Å²) in [5, 5.41) is 0. The minimum Gasteiger partial charge on any atom is -0.369 e. The number of rotatable bonds is 9. The van der Waals surface area contributed by atoms with Crippen LogP contribution in [0.2, 0.25) is 0 Å². The molecule has 3 N–H and O–H groups in total. The van der Waals surface area contributed by atoms with Crippen LogP contribution in [0.3, 0.4) is 0 Å². The van der Waals surface area contributed by atoms with Gasteiger partial charge in [0.2, 0.25) is 11.8 Å². The van der Waals surface area contributed by atoms with Crippen LogP contribution in [0, 0.1) is 5.92 Å². The molecule has 27 heavy (non-hydrogen) atoms. The summed E-state index contributed by atoms with van der Waals surface area (Å²) in [4.78, 5) is 25.6. The Balaban J connectivity index is 2.18. The summed E-state index contributed by atoms with van der Waals surface area (Å²) >= 11 is 0. The van der Waals surface area contributed by atoms with E-state index in [1.54, 1.807) is 12.1 Å². The van der Waals surface area contributed by atoms with Gasteiger partial charge in [0, 0.05) is 24.9 Å². The summed E-state index contributed by atoms with van der Waals surface area (Å²) < 4.78 is 31.5. The Morgan fingerprint density at radius 3 is 2.33 bits per heavy atom. The van der Waals surface area contributed by atoms with E-state index in [0.29, 0.717) is 32.2 Å². The molecule has 150 valence electrons. The van der Waals surface area contributed by atoms with Crippen LogP contribution in [0.4, 0.5) is 0 Å². The van der Waals surface area contributed by atoms with Gasteiger partial charge in [-0.1, -0.05) is 26.0 Å². The number of carbonyl (C=O) groups is 2. The Morgan fingerprint density at radius 2 is 1.89 bits per heavy atom. The predicted molar refractivity (Wildman–Crippen MR) is 102 cm³/mol. The molecule has 0 aliphatic carbocycles. The fourth-order valence-electron chi connectivity index (χ4n) is 3.73. The third-order valence-corrected chi connectivity index (χ3v) is 6.24. The predicted octanol–water partition coefficient (Wildman–Crippen LogP) is 2.32. The number of hydrogen-bond acceptors (Lipinski definition) is 4. The number of carbonyl (C=O) groups excluding carboxylic acids is 2. The number of likely N-dealkylation sites (tertiary alicyclic amines) is 1. The Kier molecular flexibility index (Phi) is 7.00. The Bertz CT molecular complexity index is 776. The van der Waals surface area contributed by atoms with Gasteiger partial charge in [0.1, 0.15) is 0 Å². The molecule has 1 aromatic rings. The molecular formula is C19H28N2O5S. The van der Waals surface area contributed by atoms with E-state index in [-0.39, 0.29) is 34.6 Å². The van der Waals surface area contributed by atoms with Gasteiger partial charge in [0.25, 0.3) is 10.1 Å². The summed E-state index contributed by atoms with van der Waals surface area (Å²) in [6.45, 7) is 4.60. The van der Waals surface area contributed by atoms with Crippen LogP contribution in [0.25, 0.3) is 0 Å². The highest BCUT2D eigenvalue weighted by atomic mass is 32.2. The van der Waals surface area contributed by atoms with Gasteiger partial charge in [-0.2, -0.15) is 8.42 Å². The molecule has 1 aliphatic rings. The van der Waals surface area contributed by atoms with Gasteiger partial charge in [-0.25, -0.2) is 0 Å². The lowest BCUT2D eigenvalue weighted by Crippen LogP contribution is -2.40. The lowest BCUT2D eigenvalue weighted by molar-refractivity contribution is -0.131. The van der Waals surface area contributed by atoms with Crippen molar-refractivity contribution in [2.45, 2.75) is 62.8 Å². The van der Waals surface area contributed by atoms with E-state index in [1.165, 1.54) is 12.1 Å². The quantitative estimate of drug-likeness (QED) is 0.621. The zero-order valence-electron chi connectivity index (χ0n) is 15.8. The molecule has 8 heteroatoms. The molecule has 2 rings (SSSR count). The second-order valence-corrected chi connectivity index (χ2v) is 8.69. The average Bonchev–Trinajstić information content (AvgIpc) is 3.03. The summed E-state index contributed by atoms with van der Waals surface area (Å²) in [5.41, 5.74) is 6.41. The van der Waals surface area contributed by atoms with Crippen molar-refractivity contribution in [1.29, 1.82) is 0 Å². The van der Waals surface area contributed by atoms with Crippen LogP contribution < -0.4 is 5.73 Å². The standard InChI is InChI=1S/C19H28N2O5S/c1-3-14(19(20)23)12-16(21-10-4-5-18(21)22)11-13(2)15-6-8-17(9-7-15)27(24,25)26/h6-9,13-14,16H,3-5,10-12H2,1-2H3,(H2,20,23)(H,24,25,26). The normalized spacial score (nSPS) is 18.3. The first-order valence-electron chi connectivity index (χ1n) is 9.29. The highest BCUT2D eigenvalue weighted by Gasteiger charge is 2.32. The molecule has 1 fully saturated rings. The lowest BCUT2D eigenvalue weighted by Gasteiger charge is -2.32. The molecule has 3 unspecified atom stereocenters. The Hall–Kier alpha value is -1.93. The van der Waals surface area contributed by atoms with E-state index in [1.807, 2.05) is 18.7 Å². The van der Waals surface area contributed by atoms with Crippen molar-refractivity contribution >= 4 is 21.9 Å². The molecular weight excluding hydrogens is 368 g/mol. The monoisotopic (exact) mass is 396 g/mol. The highest BCUT2D eigenvalue weighted by molar-refractivity contribution is 7.85.